The van der Waals surface area contributed by atoms with E-state index < -0.39 is 0 Å². The molecule has 0 spiro atoms. The largest absolute Gasteiger partial charge is 0.469 e. The van der Waals surface area contributed by atoms with Gasteiger partial charge in [-0.25, -0.2) is 4.98 Å². The minimum atomic E-state index is -0.201. The number of methoxy groups -OCH3 is 1. The summed E-state index contributed by atoms with van der Waals surface area (Å²) in [7, 11) is 1.39. The van der Waals surface area contributed by atoms with Crippen LogP contribution in [-0.4, -0.2) is 23.8 Å². The summed E-state index contributed by atoms with van der Waals surface area (Å²) in [5.74, 6) is 0.482. The molecule has 0 N–H and O–H groups in total. The van der Waals surface area contributed by atoms with Crippen molar-refractivity contribution in [2.75, 3.05) is 12.9 Å². The minimum absolute atomic E-state index is 0.201. The van der Waals surface area contributed by atoms with Crippen molar-refractivity contribution in [2.45, 2.75) is 11.3 Å². The van der Waals surface area contributed by atoms with Gasteiger partial charge in [-0.2, -0.15) is 5.26 Å². The Hall–Kier alpha value is -1.58. The highest BCUT2D eigenvalue weighted by Gasteiger charge is 2.05. The lowest BCUT2D eigenvalue weighted by Gasteiger charge is -2.00. The van der Waals surface area contributed by atoms with Gasteiger partial charge in [-0.05, 0) is 18.2 Å². The number of ether oxygens (including phenoxy) is 1. The summed E-state index contributed by atoms with van der Waals surface area (Å²) in [6, 6.07) is 7.88. The highest BCUT2D eigenvalue weighted by atomic mass is 32.2. The van der Waals surface area contributed by atoms with Gasteiger partial charge in [0.15, 0.2) is 5.01 Å². The Kier molecular flexibility index (Phi) is 4.18. The number of hydrogen-bond acceptors (Lipinski definition) is 6. The monoisotopic (exact) mass is 278 g/mol. The fraction of sp³-hybridized carbons (Fsp3) is 0.250. The van der Waals surface area contributed by atoms with Crippen LogP contribution >= 0.6 is 23.1 Å². The van der Waals surface area contributed by atoms with Crippen LogP contribution < -0.4 is 0 Å². The zero-order valence-corrected chi connectivity index (χ0v) is 11.3. The molecular weight excluding hydrogens is 268 g/mol. The summed E-state index contributed by atoms with van der Waals surface area (Å²) in [5.41, 5.74) is 0.842. The van der Waals surface area contributed by atoms with Crippen molar-refractivity contribution < 1.29 is 9.53 Å². The van der Waals surface area contributed by atoms with Gasteiger partial charge in [0.1, 0.15) is 6.07 Å². The number of nitrogens with zero attached hydrogens (tertiary/aromatic N) is 2. The zero-order valence-electron chi connectivity index (χ0n) is 9.67. The molecule has 0 fully saturated rings. The molecular formula is C12H10N2O2S2. The van der Waals surface area contributed by atoms with Gasteiger partial charge in [0.25, 0.3) is 0 Å². The van der Waals surface area contributed by atoms with E-state index in [-0.39, 0.29) is 5.97 Å². The fourth-order valence-electron chi connectivity index (χ4n) is 1.40. The Balaban J connectivity index is 2.06. The number of benzene rings is 1. The smallest absolute Gasteiger partial charge is 0.306 e. The quantitative estimate of drug-likeness (QED) is 0.635. The molecule has 0 amide bonds. The molecule has 0 bridgehead atoms. The maximum atomic E-state index is 11.0. The summed E-state index contributed by atoms with van der Waals surface area (Å²) in [6.07, 6.45) is 0.394. The van der Waals surface area contributed by atoms with Crippen molar-refractivity contribution >= 4 is 39.3 Å². The second kappa shape index (κ2) is 5.85. The van der Waals surface area contributed by atoms with Gasteiger partial charge in [0.05, 0.1) is 23.7 Å². The summed E-state index contributed by atoms with van der Waals surface area (Å²) in [5, 5.41) is 9.25. The maximum absolute atomic E-state index is 11.0. The fourth-order valence-corrected chi connectivity index (χ4v) is 3.14. The van der Waals surface area contributed by atoms with Gasteiger partial charge in [0.2, 0.25) is 0 Å². The van der Waals surface area contributed by atoms with E-state index in [4.69, 9.17) is 5.26 Å². The Morgan fingerprint density at radius 1 is 1.61 bits per heavy atom. The van der Waals surface area contributed by atoms with E-state index in [9.17, 15) is 4.79 Å². The lowest BCUT2D eigenvalue weighted by Crippen LogP contribution is -2.00. The van der Waals surface area contributed by atoms with Crippen LogP contribution in [0, 0.1) is 11.3 Å². The van der Waals surface area contributed by atoms with Gasteiger partial charge in [0, 0.05) is 10.6 Å². The Morgan fingerprint density at radius 3 is 3.17 bits per heavy atom. The van der Waals surface area contributed by atoms with Crippen LogP contribution in [0.1, 0.15) is 11.4 Å². The van der Waals surface area contributed by atoms with Gasteiger partial charge in [-0.15, -0.1) is 23.1 Å². The van der Waals surface area contributed by atoms with Crippen molar-refractivity contribution in [3.05, 3.63) is 23.2 Å². The molecule has 6 heteroatoms. The second-order valence-corrected chi connectivity index (χ2v) is 5.63. The molecule has 0 unspecified atom stereocenters. The van der Waals surface area contributed by atoms with E-state index >= 15 is 0 Å². The van der Waals surface area contributed by atoms with Gasteiger partial charge in [-0.3, -0.25) is 4.79 Å². The van der Waals surface area contributed by atoms with Crippen molar-refractivity contribution in [1.29, 1.82) is 5.26 Å². The number of carbonyl (C=O) groups excluding carboxylic acids is 1. The van der Waals surface area contributed by atoms with Crippen LogP contribution in [0.3, 0.4) is 0 Å². The maximum Gasteiger partial charge on any atom is 0.306 e. The molecule has 1 heterocycles. The molecule has 0 saturated heterocycles. The predicted octanol–water partition coefficient (Wildman–Crippen LogP) is 2.82. The highest BCUT2D eigenvalue weighted by Crippen LogP contribution is 2.27. The third-order valence-electron chi connectivity index (χ3n) is 2.26. The van der Waals surface area contributed by atoms with Crippen molar-refractivity contribution in [1.82, 2.24) is 4.98 Å². The number of thiazole rings is 1. The van der Waals surface area contributed by atoms with Crippen LogP contribution in [0.2, 0.25) is 0 Å². The van der Waals surface area contributed by atoms with Crippen LogP contribution in [-0.2, 0) is 9.53 Å². The molecule has 0 aliphatic carbocycles. The number of fused-ring (bicyclic) bond motifs is 1. The van der Waals surface area contributed by atoms with E-state index in [1.54, 1.807) is 11.8 Å². The highest BCUT2D eigenvalue weighted by molar-refractivity contribution is 7.99. The molecule has 0 aliphatic rings. The topological polar surface area (TPSA) is 63.0 Å². The number of nitriles is 1. The predicted molar refractivity (Wildman–Crippen MR) is 71.7 cm³/mol. The molecule has 18 heavy (non-hydrogen) atoms. The van der Waals surface area contributed by atoms with Crippen LogP contribution in [0.15, 0.2) is 23.1 Å². The second-order valence-electron chi connectivity index (χ2n) is 3.43. The zero-order chi connectivity index (χ0) is 13.0. The van der Waals surface area contributed by atoms with E-state index in [1.807, 2.05) is 24.3 Å². The average Bonchev–Trinajstić information content (AvgIpc) is 2.80. The number of rotatable bonds is 4. The first kappa shape index (κ1) is 12.9. The molecule has 0 saturated carbocycles. The van der Waals surface area contributed by atoms with Crippen LogP contribution in [0.5, 0.6) is 0 Å². The molecule has 2 rings (SSSR count). The molecule has 0 aliphatic heterocycles. The van der Waals surface area contributed by atoms with Crippen LogP contribution in [0.4, 0.5) is 0 Å². The average molecular weight is 278 g/mol. The minimum Gasteiger partial charge on any atom is -0.469 e. The Morgan fingerprint density at radius 2 is 2.44 bits per heavy atom. The van der Waals surface area contributed by atoms with Crippen LogP contribution in [0.25, 0.3) is 10.2 Å². The number of hydrogen-bond donors (Lipinski definition) is 0. The number of carbonyl (C=O) groups is 1. The normalized spacial score (nSPS) is 10.2. The van der Waals surface area contributed by atoms with Crippen molar-refractivity contribution in [3.63, 3.8) is 0 Å². The van der Waals surface area contributed by atoms with E-state index in [1.165, 1.54) is 18.4 Å². The molecule has 0 radical (unpaired) electrons. The lowest BCUT2D eigenvalue weighted by molar-refractivity contribution is -0.140. The number of aromatic nitrogens is 1. The molecule has 92 valence electrons. The van der Waals surface area contributed by atoms with E-state index in [0.29, 0.717) is 17.2 Å². The summed E-state index contributed by atoms with van der Waals surface area (Å²) in [6.45, 7) is 0. The molecule has 1 aromatic carbocycles. The first-order chi connectivity index (χ1) is 8.72. The molecule has 4 nitrogen and oxygen atoms in total. The third-order valence-corrected chi connectivity index (χ3v) is 4.18. The van der Waals surface area contributed by atoms with Crippen molar-refractivity contribution in [3.8, 4) is 6.07 Å². The summed E-state index contributed by atoms with van der Waals surface area (Å²) >= 11 is 2.97. The first-order valence-corrected chi connectivity index (χ1v) is 7.03. The SMILES string of the molecule is COC(=O)CCSc1ccc2nc(C#N)sc2c1. The summed E-state index contributed by atoms with van der Waals surface area (Å²) < 4.78 is 5.58. The number of esters is 1. The Labute approximate surface area is 113 Å². The molecule has 0 atom stereocenters. The Bertz CT molecular complexity index is 616. The standard InChI is InChI=1S/C12H10N2O2S2/c1-16-12(15)4-5-17-8-2-3-9-10(6-8)18-11(7-13)14-9/h2-3,6H,4-5H2,1H3. The number of thioether (sulfide) groups is 1. The third kappa shape index (κ3) is 3.00. The van der Waals surface area contributed by atoms with Crippen molar-refractivity contribution in [2.24, 2.45) is 0 Å². The first-order valence-electron chi connectivity index (χ1n) is 5.23. The summed E-state index contributed by atoms with van der Waals surface area (Å²) in [4.78, 5) is 16.2. The molecule has 2 aromatic rings. The molecule has 1 aromatic heterocycles. The van der Waals surface area contributed by atoms with Gasteiger partial charge < -0.3 is 4.74 Å². The van der Waals surface area contributed by atoms with E-state index in [0.717, 1.165) is 15.1 Å². The van der Waals surface area contributed by atoms with Gasteiger partial charge >= 0.3 is 5.97 Å². The van der Waals surface area contributed by atoms with Gasteiger partial charge in [-0.1, -0.05) is 0 Å². The van der Waals surface area contributed by atoms with E-state index in [2.05, 4.69) is 9.72 Å². The lowest BCUT2D eigenvalue weighted by atomic mass is 10.3.